The third-order valence-electron chi connectivity index (χ3n) is 6.12. The Kier molecular flexibility index (Phi) is 4.96. The summed E-state index contributed by atoms with van der Waals surface area (Å²) < 4.78 is 6.10. The van der Waals surface area contributed by atoms with Crippen molar-refractivity contribution in [2.75, 3.05) is 0 Å². The van der Waals surface area contributed by atoms with Gasteiger partial charge in [0.15, 0.2) is 23.1 Å². The van der Waals surface area contributed by atoms with Gasteiger partial charge in [-0.3, -0.25) is 4.98 Å². The molecule has 0 saturated carbocycles. The number of fused-ring (bicyclic) bond motifs is 3. The van der Waals surface area contributed by atoms with Crippen LogP contribution in [0, 0.1) is 0 Å². The lowest BCUT2D eigenvalue weighted by molar-refractivity contribution is 0.667. The normalized spacial score (nSPS) is 11.2. The van der Waals surface area contributed by atoms with E-state index >= 15 is 0 Å². The standard InChI is InChI=1S/C30H18N6O/c1-3-9-19(10-4-1)28-34-29(20-11-5-2-6-12-20)36-30(35-28)23-16-15-21(17-31-23)25-27-26(33-18-32-25)22-13-7-8-14-24(22)37-27/h1-18H. The fourth-order valence-electron chi connectivity index (χ4n) is 4.32. The van der Waals surface area contributed by atoms with E-state index in [-0.39, 0.29) is 0 Å². The highest BCUT2D eigenvalue weighted by molar-refractivity contribution is 6.06. The van der Waals surface area contributed by atoms with Crippen molar-refractivity contribution in [1.82, 2.24) is 29.9 Å². The van der Waals surface area contributed by atoms with Crippen LogP contribution >= 0.6 is 0 Å². The fraction of sp³-hybridized carbons (Fsp3) is 0. The summed E-state index contributed by atoms with van der Waals surface area (Å²) in [5.41, 5.74) is 6.15. The van der Waals surface area contributed by atoms with Crippen LogP contribution in [-0.2, 0) is 0 Å². The van der Waals surface area contributed by atoms with E-state index in [0.29, 0.717) is 34.4 Å². The van der Waals surface area contributed by atoms with Crippen molar-refractivity contribution in [2.45, 2.75) is 0 Å². The highest BCUT2D eigenvalue weighted by atomic mass is 16.3. The Morgan fingerprint density at radius 1 is 0.514 bits per heavy atom. The maximum absolute atomic E-state index is 6.10. The van der Waals surface area contributed by atoms with Gasteiger partial charge in [0.05, 0.1) is 0 Å². The Labute approximate surface area is 211 Å². The molecular formula is C30H18N6O. The van der Waals surface area contributed by atoms with E-state index in [1.165, 1.54) is 0 Å². The average molecular weight is 479 g/mol. The third kappa shape index (κ3) is 3.79. The minimum Gasteiger partial charge on any atom is -0.452 e. The van der Waals surface area contributed by atoms with Gasteiger partial charge in [-0.25, -0.2) is 24.9 Å². The van der Waals surface area contributed by atoms with Crippen molar-refractivity contribution in [3.05, 3.63) is 110 Å². The zero-order valence-electron chi connectivity index (χ0n) is 19.5. The van der Waals surface area contributed by atoms with E-state index in [1.54, 1.807) is 12.5 Å². The van der Waals surface area contributed by atoms with Crippen molar-refractivity contribution in [2.24, 2.45) is 0 Å². The molecule has 37 heavy (non-hydrogen) atoms. The molecule has 0 aliphatic heterocycles. The Hall–Kier alpha value is -5.30. The van der Waals surface area contributed by atoms with Gasteiger partial charge in [0.2, 0.25) is 0 Å². The average Bonchev–Trinajstić information content (AvgIpc) is 3.37. The third-order valence-corrected chi connectivity index (χ3v) is 6.12. The van der Waals surface area contributed by atoms with Gasteiger partial charge < -0.3 is 4.42 Å². The number of para-hydroxylation sites is 1. The van der Waals surface area contributed by atoms with Gasteiger partial charge >= 0.3 is 0 Å². The number of pyridine rings is 1. The SMILES string of the molecule is c1ccc(-c2nc(-c3ccccc3)nc(-c3ccc(-c4ncnc5c4oc4ccccc45)cn3)n2)cc1. The lowest BCUT2D eigenvalue weighted by atomic mass is 10.1. The first-order chi connectivity index (χ1) is 18.3. The van der Waals surface area contributed by atoms with Crippen LogP contribution in [0.25, 0.3) is 67.6 Å². The van der Waals surface area contributed by atoms with Crippen LogP contribution in [-0.4, -0.2) is 29.9 Å². The van der Waals surface area contributed by atoms with E-state index < -0.39 is 0 Å². The van der Waals surface area contributed by atoms with Crippen LogP contribution in [0.1, 0.15) is 0 Å². The number of hydrogen-bond donors (Lipinski definition) is 0. The number of benzene rings is 3. The largest absolute Gasteiger partial charge is 0.452 e. The first-order valence-corrected chi connectivity index (χ1v) is 11.8. The molecule has 7 heteroatoms. The van der Waals surface area contributed by atoms with Gasteiger partial charge in [-0.1, -0.05) is 72.8 Å². The predicted octanol–water partition coefficient (Wildman–Crippen LogP) is 6.62. The Morgan fingerprint density at radius 3 is 1.84 bits per heavy atom. The zero-order valence-corrected chi connectivity index (χ0v) is 19.5. The summed E-state index contributed by atoms with van der Waals surface area (Å²) in [4.78, 5) is 27.9. The van der Waals surface area contributed by atoms with Crippen molar-refractivity contribution >= 4 is 22.1 Å². The second-order valence-corrected chi connectivity index (χ2v) is 8.47. The molecular weight excluding hydrogens is 460 g/mol. The summed E-state index contributed by atoms with van der Waals surface area (Å²) in [6, 6.07) is 31.4. The first kappa shape index (κ1) is 21.0. The van der Waals surface area contributed by atoms with Crippen LogP contribution in [0.3, 0.4) is 0 Å². The zero-order chi connectivity index (χ0) is 24.6. The van der Waals surface area contributed by atoms with Crippen LogP contribution < -0.4 is 0 Å². The Bertz CT molecular complexity index is 1810. The molecule has 0 unspecified atom stereocenters. The summed E-state index contributed by atoms with van der Waals surface area (Å²) in [6.07, 6.45) is 3.32. The predicted molar refractivity (Wildman–Crippen MR) is 142 cm³/mol. The van der Waals surface area contributed by atoms with Crippen molar-refractivity contribution < 1.29 is 4.42 Å². The first-order valence-electron chi connectivity index (χ1n) is 11.8. The molecule has 0 aliphatic rings. The molecule has 0 aliphatic carbocycles. The van der Waals surface area contributed by atoms with Gasteiger partial charge in [-0.2, -0.15) is 0 Å². The Balaban J connectivity index is 1.33. The minimum absolute atomic E-state index is 0.496. The molecule has 0 atom stereocenters. The van der Waals surface area contributed by atoms with Crippen LogP contribution in [0.5, 0.6) is 0 Å². The number of nitrogens with zero attached hydrogens (tertiary/aromatic N) is 6. The lowest BCUT2D eigenvalue weighted by Gasteiger charge is -2.08. The number of furan rings is 1. The van der Waals surface area contributed by atoms with E-state index in [1.807, 2.05) is 97.1 Å². The molecule has 0 N–H and O–H groups in total. The molecule has 7 rings (SSSR count). The summed E-state index contributed by atoms with van der Waals surface area (Å²) in [6.45, 7) is 0. The molecule has 174 valence electrons. The molecule has 0 amide bonds. The lowest BCUT2D eigenvalue weighted by Crippen LogP contribution is -2.01. The second-order valence-electron chi connectivity index (χ2n) is 8.47. The van der Waals surface area contributed by atoms with E-state index in [9.17, 15) is 0 Å². The number of aromatic nitrogens is 6. The second kappa shape index (κ2) is 8.73. The number of hydrogen-bond acceptors (Lipinski definition) is 7. The maximum Gasteiger partial charge on any atom is 0.182 e. The molecule has 0 radical (unpaired) electrons. The molecule has 0 saturated heterocycles. The monoisotopic (exact) mass is 478 g/mol. The maximum atomic E-state index is 6.10. The molecule has 0 fully saturated rings. The van der Waals surface area contributed by atoms with Crippen LogP contribution in [0.4, 0.5) is 0 Å². The highest BCUT2D eigenvalue weighted by Gasteiger charge is 2.16. The topological polar surface area (TPSA) is 90.5 Å². The molecule has 3 aromatic carbocycles. The van der Waals surface area contributed by atoms with Crippen LogP contribution in [0.15, 0.2) is 114 Å². The van der Waals surface area contributed by atoms with Gasteiger partial charge in [0.25, 0.3) is 0 Å². The Morgan fingerprint density at radius 2 is 1.16 bits per heavy atom. The van der Waals surface area contributed by atoms with E-state index in [0.717, 1.165) is 33.2 Å². The summed E-state index contributed by atoms with van der Waals surface area (Å²) in [7, 11) is 0. The molecule has 0 spiro atoms. The van der Waals surface area contributed by atoms with Gasteiger partial charge in [0, 0.05) is 28.3 Å². The van der Waals surface area contributed by atoms with Crippen LogP contribution in [0.2, 0.25) is 0 Å². The molecule has 4 aromatic heterocycles. The van der Waals surface area contributed by atoms with Gasteiger partial charge in [-0.15, -0.1) is 0 Å². The molecule has 7 aromatic rings. The molecule has 7 nitrogen and oxygen atoms in total. The van der Waals surface area contributed by atoms with E-state index in [2.05, 4.69) is 9.97 Å². The summed E-state index contributed by atoms with van der Waals surface area (Å²) in [5.74, 6) is 1.68. The molecule has 0 bridgehead atoms. The summed E-state index contributed by atoms with van der Waals surface area (Å²) >= 11 is 0. The summed E-state index contributed by atoms with van der Waals surface area (Å²) in [5, 5.41) is 0.956. The van der Waals surface area contributed by atoms with Gasteiger partial charge in [0.1, 0.15) is 28.8 Å². The van der Waals surface area contributed by atoms with Crippen molar-refractivity contribution in [3.63, 3.8) is 0 Å². The highest BCUT2D eigenvalue weighted by Crippen LogP contribution is 2.33. The smallest absolute Gasteiger partial charge is 0.182 e. The quantitative estimate of drug-likeness (QED) is 0.281. The van der Waals surface area contributed by atoms with E-state index in [4.69, 9.17) is 24.4 Å². The minimum atomic E-state index is 0.496. The van der Waals surface area contributed by atoms with Crippen molar-refractivity contribution in [1.29, 1.82) is 0 Å². The fourth-order valence-corrected chi connectivity index (χ4v) is 4.32. The number of rotatable bonds is 4. The van der Waals surface area contributed by atoms with Crippen molar-refractivity contribution in [3.8, 4) is 45.6 Å². The molecule has 4 heterocycles. The van der Waals surface area contributed by atoms with Gasteiger partial charge in [-0.05, 0) is 24.3 Å².